The van der Waals surface area contributed by atoms with Gasteiger partial charge in [-0.05, 0) is 42.7 Å². The molecule has 0 saturated carbocycles. The summed E-state index contributed by atoms with van der Waals surface area (Å²) in [7, 11) is 1.59. The van der Waals surface area contributed by atoms with E-state index in [1.807, 2.05) is 54.0 Å². The minimum Gasteiger partial charge on any atom is -0.492 e. The van der Waals surface area contributed by atoms with Crippen molar-refractivity contribution in [2.24, 2.45) is 0 Å². The molecular formula is C23H29N5O3. The van der Waals surface area contributed by atoms with Gasteiger partial charge in [0, 0.05) is 32.0 Å². The molecule has 3 rings (SSSR count). The van der Waals surface area contributed by atoms with E-state index in [0.717, 1.165) is 23.4 Å². The number of aliphatic hydroxyl groups is 1. The van der Waals surface area contributed by atoms with Gasteiger partial charge >= 0.3 is 0 Å². The third kappa shape index (κ3) is 6.56. The van der Waals surface area contributed by atoms with Crippen molar-refractivity contribution >= 4 is 11.6 Å². The summed E-state index contributed by atoms with van der Waals surface area (Å²) in [5, 5.41) is 18.5. The maximum atomic E-state index is 11.6. The van der Waals surface area contributed by atoms with Crippen molar-refractivity contribution < 1.29 is 14.6 Å². The molecule has 0 radical (unpaired) electrons. The first-order valence-electron chi connectivity index (χ1n) is 10.2. The zero-order valence-corrected chi connectivity index (χ0v) is 17.8. The predicted octanol–water partition coefficient (Wildman–Crippen LogP) is 2.15. The summed E-state index contributed by atoms with van der Waals surface area (Å²) >= 11 is 0. The van der Waals surface area contributed by atoms with Crippen LogP contribution in [0.5, 0.6) is 5.75 Å². The fraction of sp³-hybridized carbons (Fsp3) is 0.304. The number of para-hydroxylation sites is 1. The lowest BCUT2D eigenvalue weighted by atomic mass is 10.0. The first kappa shape index (κ1) is 22.3. The molecule has 0 aliphatic rings. The molecule has 0 saturated heterocycles. The summed E-state index contributed by atoms with van der Waals surface area (Å²) in [6, 6.07) is 15.5. The number of aliphatic hydroxyl groups excluding tert-OH is 1. The van der Waals surface area contributed by atoms with Crippen molar-refractivity contribution in [1.82, 2.24) is 20.2 Å². The highest BCUT2D eigenvalue weighted by Crippen LogP contribution is 2.22. The van der Waals surface area contributed by atoms with Gasteiger partial charge in [-0.2, -0.15) is 0 Å². The Hall–Kier alpha value is -3.36. The number of amides is 1. The van der Waals surface area contributed by atoms with Crippen LogP contribution in [0.1, 0.15) is 21.6 Å². The van der Waals surface area contributed by atoms with Crippen LogP contribution in [0.3, 0.4) is 0 Å². The number of ether oxygens (including phenoxy) is 1. The van der Waals surface area contributed by atoms with E-state index in [2.05, 4.69) is 27.0 Å². The molecule has 1 heterocycles. The molecule has 0 aliphatic heterocycles. The number of hydrogen-bond donors (Lipinski definition) is 4. The number of carbonyl (C=O) groups excluding carboxylic acids is 1. The smallest absolute Gasteiger partial charge is 0.271 e. The molecule has 2 aromatic carbocycles. The van der Waals surface area contributed by atoms with E-state index in [-0.39, 0.29) is 5.91 Å². The average molecular weight is 424 g/mol. The number of anilines is 1. The largest absolute Gasteiger partial charge is 0.492 e. The lowest BCUT2D eigenvalue weighted by Gasteiger charge is -2.17. The second-order valence-electron chi connectivity index (χ2n) is 7.08. The van der Waals surface area contributed by atoms with Gasteiger partial charge in [-0.1, -0.05) is 30.3 Å². The van der Waals surface area contributed by atoms with Crippen LogP contribution in [0.2, 0.25) is 0 Å². The van der Waals surface area contributed by atoms with Crippen LogP contribution in [-0.2, 0) is 13.0 Å². The summed E-state index contributed by atoms with van der Waals surface area (Å²) in [6.07, 6.45) is 3.36. The molecule has 8 nitrogen and oxygen atoms in total. The van der Waals surface area contributed by atoms with E-state index < -0.39 is 6.35 Å². The monoisotopic (exact) mass is 423 g/mol. The zero-order valence-electron chi connectivity index (χ0n) is 17.8. The van der Waals surface area contributed by atoms with Gasteiger partial charge in [-0.3, -0.25) is 10.1 Å². The van der Waals surface area contributed by atoms with Crippen molar-refractivity contribution in [3.8, 4) is 5.75 Å². The lowest BCUT2D eigenvalue weighted by molar-refractivity contribution is 0.0958. The van der Waals surface area contributed by atoms with E-state index >= 15 is 0 Å². The van der Waals surface area contributed by atoms with Crippen LogP contribution in [0, 0.1) is 6.92 Å². The van der Waals surface area contributed by atoms with Gasteiger partial charge in [0.15, 0.2) is 6.35 Å². The molecule has 1 aromatic heterocycles. The van der Waals surface area contributed by atoms with Crippen LogP contribution >= 0.6 is 0 Å². The molecule has 1 unspecified atom stereocenters. The Balaban J connectivity index is 1.45. The molecule has 0 aliphatic carbocycles. The van der Waals surface area contributed by atoms with Gasteiger partial charge in [0.05, 0.1) is 6.33 Å². The molecule has 3 aromatic rings. The molecule has 0 fully saturated rings. The highest BCUT2D eigenvalue weighted by atomic mass is 16.5. The van der Waals surface area contributed by atoms with Crippen molar-refractivity contribution in [3.63, 3.8) is 0 Å². The van der Waals surface area contributed by atoms with E-state index in [1.165, 1.54) is 5.56 Å². The fourth-order valence-electron chi connectivity index (χ4n) is 3.16. The standard InChI is InChI=1S/C23H29N5O3/c1-17-18(11-13-28-15-20(26-16-28)22(29)24-2)7-6-10-21(17)31-14-12-25-23(30)27-19-8-4-3-5-9-19/h3-10,15-16,23,25,27,30H,11-14H2,1-2H3,(H,24,29). The summed E-state index contributed by atoms with van der Waals surface area (Å²) < 4.78 is 7.81. The van der Waals surface area contributed by atoms with Gasteiger partial charge in [0.25, 0.3) is 5.91 Å². The quantitative estimate of drug-likeness (QED) is 0.279. The number of carbonyl (C=O) groups is 1. The zero-order chi connectivity index (χ0) is 22.1. The van der Waals surface area contributed by atoms with E-state index in [1.54, 1.807) is 19.6 Å². The van der Waals surface area contributed by atoms with Crippen molar-refractivity contribution in [2.45, 2.75) is 26.2 Å². The minimum absolute atomic E-state index is 0.192. The number of imidazole rings is 1. The first-order chi connectivity index (χ1) is 15.1. The second kappa shape index (κ2) is 11.1. The molecule has 8 heteroatoms. The topological polar surface area (TPSA) is 100 Å². The Morgan fingerprint density at radius 3 is 2.77 bits per heavy atom. The van der Waals surface area contributed by atoms with Crippen molar-refractivity contribution in [1.29, 1.82) is 0 Å². The fourth-order valence-corrected chi connectivity index (χ4v) is 3.16. The molecule has 0 bridgehead atoms. The van der Waals surface area contributed by atoms with Gasteiger partial charge < -0.3 is 25.0 Å². The van der Waals surface area contributed by atoms with Gasteiger partial charge in [0.2, 0.25) is 0 Å². The van der Waals surface area contributed by atoms with Gasteiger partial charge in [-0.15, -0.1) is 0 Å². The predicted molar refractivity (Wildman–Crippen MR) is 120 cm³/mol. The lowest BCUT2D eigenvalue weighted by Crippen LogP contribution is -2.38. The van der Waals surface area contributed by atoms with Crippen LogP contribution in [0.15, 0.2) is 61.1 Å². The third-order valence-electron chi connectivity index (χ3n) is 4.90. The summed E-state index contributed by atoms with van der Waals surface area (Å²) in [6.45, 7) is 3.66. The highest BCUT2D eigenvalue weighted by molar-refractivity contribution is 5.91. The normalized spacial score (nSPS) is 11.7. The second-order valence-corrected chi connectivity index (χ2v) is 7.08. The molecule has 0 spiro atoms. The maximum Gasteiger partial charge on any atom is 0.271 e. The molecule has 1 amide bonds. The Bertz CT molecular complexity index is 974. The Labute approximate surface area is 182 Å². The minimum atomic E-state index is -0.853. The maximum absolute atomic E-state index is 11.6. The molecule has 1 atom stereocenters. The molecule has 4 N–H and O–H groups in total. The first-order valence-corrected chi connectivity index (χ1v) is 10.2. The molecule has 164 valence electrons. The SMILES string of the molecule is CNC(=O)c1cn(CCc2cccc(OCCNC(O)Nc3ccccc3)c2C)cn1. The number of aryl methyl sites for hydroxylation is 2. The number of nitrogens with zero attached hydrogens (tertiary/aromatic N) is 2. The van der Waals surface area contributed by atoms with Crippen LogP contribution in [0.4, 0.5) is 5.69 Å². The van der Waals surface area contributed by atoms with Crippen molar-refractivity contribution in [2.75, 3.05) is 25.5 Å². The third-order valence-corrected chi connectivity index (χ3v) is 4.90. The number of hydrogen-bond acceptors (Lipinski definition) is 6. The van der Waals surface area contributed by atoms with Crippen LogP contribution in [0.25, 0.3) is 0 Å². The Morgan fingerprint density at radius 1 is 1.19 bits per heavy atom. The number of nitrogens with one attached hydrogen (secondary N) is 3. The Kier molecular flexibility index (Phi) is 8.03. The molecule has 31 heavy (non-hydrogen) atoms. The number of rotatable bonds is 11. The summed E-state index contributed by atoms with van der Waals surface area (Å²) in [5.74, 6) is 0.629. The van der Waals surface area contributed by atoms with Crippen LogP contribution < -0.4 is 20.7 Å². The van der Waals surface area contributed by atoms with E-state index in [0.29, 0.717) is 25.4 Å². The number of benzene rings is 2. The van der Waals surface area contributed by atoms with Gasteiger partial charge in [0.1, 0.15) is 18.1 Å². The average Bonchev–Trinajstić information content (AvgIpc) is 3.26. The van der Waals surface area contributed by atoms with Crippen LogP contribution in [-0.4, -0.2) is 47.1 Å². The van der Waals surface area contributed by atoms with Crippen molar-refractivity contribution in [3.05, 3.63) is 77.9 Å². The Morgan fingerprint density at radius 2 is 2.00 bits per heavy atom. The molecular weight excluding hydrogens is 394 g/mol. The summed E-state index contributed by atoms with van der Waals surface area (Å²) in [4.78, 5) is 15.8. The highest BCUT2D eigenvalue weighted by Gasteiger charge is 2.09. The number of aromatic nitrogens is 2. The van der Waals surface area contributed by atoms with Gasteiger partial charge in [-0.25, -0.2) is 4.98 Å². The summed E-state index contributed by atoms with van der Waals surface area (Å²) in [5.41, 5.74) is 3.50. The van der Waals surface area contributed by atoms with E-state index in [4.69, 9.17) is 4.74 Å². The van der Waals surface area contributed by atoms with E-state index in [9.17, 15) is 9.90 Å².